The Hall–Kier alpha value is -2.42. The zero-order valence-electron chi connectivity index (χ0n) is 14.8. The van der Waals surface area contributed by atoms with Gasteiger partial charge < -0.3 is 19.7 Å². The van der Waals surface area contributed by atoms with Gasteiger partial charge in [0.05, 0.1) is 13.7 Å². The Balaban J connectivity index is 1.98. The molecule has 0 aromatic heterocycles. The van der Waals surface area contributed by atoms with Crippen molar-refractivity contribution >= 4 is 11.8 Å². The van der Waals surface area contributed by atoms with Gasteiger partial charge in [0.2, 0.25) is 5.91 Å². The SMILES string of the molecule is CCNC(=O)CN1CCN(C(=O)c2ccc(OC)c(OC(F)F)c2)CC1. The summed E-state index contributed by atoms with van der Waals surface area (Å²) in [5.41, 5.74) is 0.249. The number of piperazine rings is 1. The minimum Gasteiger partial charge on any atom is -0.493 e. The highest BCUT2D eigenvalue weighted by Crippen LogP contribution is 2.30. The minimum atomic E-state index is -3.01. The van der Waals surface area contributed by atoms with Gasteiger partial charge in [0.1, 0.15) is 0 Å². The van der Waals surface area contributed by atoms with E-state index in [0.717, 1.165) is 0 Å². The molecule has 1 N–H and O–H groups in total. The topological polar surface area (TPSA) is 71.1 Å². The second-order valence-corrected chi connectivity index (χ2v) is 5.77. The smallest absolute Gasteiger partial charge is 0.387 e. The van der Waals surface area contributed by atoms with Crippen molar-refractivity contribution in [3.63, 3.8) is 0 Å². The number of benzene rings is 1. The maximum Gasteiger partial charge on any atom is 0.387 e. The number of ether oxygens (including phenoxy) is 2. The third-order valence-corrected chi connectivity index (χ3v) is 4.03. The van der Waals surface area contributed by atoms with Crippen LogP contribution >= 0.6 is 0 Å². The van der Waals surface area contributed by atoms with Crippen LogP contribution in [0.1, 0.15) is 17.3 Å². The molecular weight excluding hydrogens is 348 g/mol. The average molecular weight is 371 g/mol. The lowest BCUT2D eigenvalue weighted by atomic mass is 10.1. The number of hydrogen-bond donors (Lipinski definition) is 1. The van der Waals surface area contributed by atoms with Crippen LogP contribution in [0.4, 0.5) is 8.78 Å². The quantitative estimate of drug-likeness (QED) is 0.780. The first kappa shape index (κ1) is 19.9. The second-order valence-electron chi connectivity index (χ2n) is 5.77. The lowest BCUT2D eigenvalue weighted by Gasteiger charge is -2.34. The van der Waals surface area contributed by atoms with Gasteiger partial charge in [-0.1, -0.05) is 0 Å². The van der Waals surface area contributed by atoms with Crippen LogP contribution in [0.25, 0.3) is 0 Å². The van der Waals surface area contributed by atoms with Crippen molar-refractivity contribution in [3.05, 3.63) is 23.8 Å². The van der Waals surface area contributed by atoms with E-state index in [1.54, 1.807) is 4.90 Å². The van der Waals surface area contributed by atoms with Crippen molar-refractivity contribution in [1.29, 1.82) is 0 Å². The molecule has 26 heavy (non-hydrogen) atoms. The highest BCUT2D eigenvalue weighted by molar-refractivity contribution is 5.95. The Morgan fingerprint density at radius 1 is 1.19 bits per heavy atom. The molecule has 0 radical (unpaired) electrons. The Labute approximate surface area is 150 Å². The van der Waals surface area contributed by atoms with Crippen LogP contribution in [-0.2, 0) is 4.79 Å². The van der Waals surface area contributed by atoms with Gasteiger partial charge in [-0.3, -0.25) is 14.5 Å². The largest absolute Gasteiger partial charge is 0.493 e. The fraction of sp³-hybridized carbons (Fsp3) is 0.529. The van der Waals surface area contributed by atoms with Gasteiger partial charge in [0.15, 0.2) is 11.5 Å². The van der Waals surface area contributed by atoms with Crippen LogP contribution in [0.3, 0.4) is 0 Å². The monoisotopic (exact) mass is 371 g/mol. The van der Waals surface area contributed by atoms with E-state index in [4.69, 9.17) is 4.74 Å². The number of amides is 2. The van der Waals surface area contributed by atoms with Gasteiger partial charge in [-0.2, -0.15) is 8.78 Å². The number of alkyl halides is 2. The number of nitrogens with one attached hydrogen (secondary N) is 1. The molecule has 1 heterocycles. The number of halogens is 2. The Bertz CT molecular complexity index is 634. The molecule has 1 aromatic rings. The Morgan fingerprint density at radius 2 is 1.88 bits per heavy atom. The van der Waals surface area contributed by atoms with Gasteiger partial charge in [0.25, 0.3) is 5.91 Å². The standard InChI is InChI=1S/C17H23F2N3O4/c1-3-20-15(23)11-21-6-8-22(9-7-21)16(24)12-4-5-13(25-2)14(10-12)26-17(18)19/h4-5,10,17H,3,6-9,11H2,1-2H3,(H,20,23). The summed E-state index contributed by atoms with van der Waals surface area (Å²) < 4.78 is 34.4. The number of nitrogens with zero attached hydrogens (tertiary/aromatic N) is 2. The van der Waals surface area contributed by atoms with Gasteiger partial charge in [0, 0.05) is 38.3 Å². The summed E-state index contributed by atoms with van der Waals surface area (Å²) >= 11 is 0. The first-order valence-corrected chi connectivity index (χ1v) is 8.35. The summed E-state index contributed by atoms with van der Waals surface area (Å²) in [6.45, 7) is 1.77. The van der Waals surface area contributed by atoms with E-state index in [9.17, 15) is 18.4 Å². The highest BCUT2D eigenvalue weighted by Gasteiger charge is 2.24. The van der Waals surface area contributed by atoms with Crippen LogP contribution in [0.15, 0.2) is 18.2 Å². The van der Waals surface area contributed by atoms with Crippen LogP contribution in [0.5, 0.6) is 11.5 Å². The Kier molecular flexibility index (Phi) is 7.14. The van der Waals surface area contributed by atoms with E-state index in [1.807, 2.05) is 11.8 Å². The van der Waals surface area contributed by atoms with Crippen molar-refractivity contribution in [2.75, 3.05) is 46.4 Å². The summed E-state index contributed by atoms with van der Waals surface area (Å²) in [4.78, 5) is 27.8. The molecule has 0 bridgehead atoms. The van der Waals surface area contributed by atoms with Crippen LogP contribution in [0.2, 0.25) is 0 Å². The molecule has 9 heteroatoms. The normalized spacial score (nSPS) is 15.0. The molecule has 0 saturated carbocycles. The Morgan fingerprint density at radius 3 is 2.46 bits per heavy atom. The summed E-state index contributed by atoms with van der Waals surface area (Å²) in [6.07, 6.45) is 0. The number of carbonyl (C=O) groups excluding carboxylic acids is 2. The highest BCUT2D eigenvalue weighted by atomic mass is 19.3. The average Bonchev–Trinajstić information content (AvgIpc) is 2.61. The van der Waals surface area contributed by atoms with Crippen molar-refractivity contribution in [3.8, 4) is 11.5 Å². The van der Waals surface area contributed by atoms with E-state index in [1.165, 1.54) is 25.3 Å². The molecule has 1 fully saturated rings. The van der Waals surface area contributed by atoms with E-state index in [-0.39, 0.29) is 28.9 Å². The number of carbonyl (C=O) groups is 2. The molecule has 7 nitrogen and oxygen atoms in total. The number of likely N-dealkylation sites (N-methyl/N-ethyl adjacent to an activating group) is 1. The molecule has 2 amide bonds. The molecule has 1 aliphatic heterocycles. The molecule has 0 aliphatic carbocycles. The molecular formula is C17H23F2N3O4. The van der Waals surface area contributed by atoms with Gasteiger partial charge in [-0.05, 0) is 25.1 Å². The van der Waals surface area contributed by atoms with Gasteiger partial charge in [-0.25, -0.2) is 0 Å². The number of rotatable bonds is 7. The molecule has 1 aliphatic rings. The first-order chi connectivity index (χ1) is 12.4. The molecule has 0 spiro atoms. The van der Waals surface area contributed by atoms with Crippen molar-refractivity contribution in [2.45, 2.75) is 13.5 Å². The number of hydrogen-bond acceptors (Lipinski definition) is 5. The summed E-state index contributed by atoms with van der Waals surface area (Å²) in [7, 11) is 1.34. The van der Waals surface area contributed by atoms with Crippen molar-refractivity contribution < 1.29 is 27.8 Å². The number of methoxy groups -OCH3 is 1. The van der Waals surface area contributed by atoms with E-state index in [0.29, 0.717) is 39.3 Å². The fourth-order valence-corrected chi connectivity index (χ4v) is 2.75. The van der Waals surface area contributed by atoms with Crippen LogP contribution < -0.4 is 14.8 Å². The third-order valence-electron chi connectivity index (χ3n) is 4.03. The third kappa shape index (κ3) is 5.29. The molecule has 144 valence electrons. The first-order valence-electron chi connectivity index (χ1n) is 8.35. The second kappa shape index (κ2) is 9.33. The maximum atomic E-state index is 12.6. The predicted molar refractivity (Wildman–Crippen MR) is 90.7 cm³/mol. The fourth-order valence-electron chi connectivity index (χ4n) is 2.75. The van der Waals surface area contributed by atoms with Crippen molar-refractivity contribution in [1.82, 2.24) is 15.1 Å². The molecule has 0 unspecified atom stereocenters. The summed E-state index contributed by atoms with van der Waals surface area (Å²) in [6, 6.07) is 4.20. The van der Waals surface area contributed by atoms with Crippen LogP contribution in [-0.4, -0.2) is 74.6 Å². The maximum absolute atomic E-state index is 12.6. The van der Waals surface area contributed by atoms with Gasteiger partial charge in [-0.15, -0.1) is 0 Å². The lowest BCUT2D eigenvalue weighted by molar-refractivity contribution is -0.122. The van der Waals surface area contributed by atoms with Gasteiger partial charge >= 0.3 is 6.61 Å². The molecule has 1 saturated heterocycles. The zero-order valence-corrected chi connectivity index (χ0v) is 14.8. The molecule has 1 aromatic carbocycles. The molecule has 2 rings (SSSR count). The lowest BCUT2D eigenvalue weighted by Crippen LogP contribution is -2.51. The summed E-state index contributed by atoms with van der Waals surface area (Å²) in [5.74, 6) is -0.363. The minimum absolute atomic E-state index is 0.0452. The van der Waals surface area contributed by atoms with E-state index >= 15 is 0 Å². The van der Waals surface area contributed by atoms with E-state index < -0.39 is 6.61 Å². The summed E-state index contributed by atoms with van der Waals surface area (Å²) in [5, 5.41) is 2.74. The predicted octanol–water partition coefficient (Wildman–Crippen LogP) is 1.19. The zero-order chi connectivity index (χ0) is 19.1. The van der Waals surface area contributed by atoms with Crippen LogP contribution in [0, 0.1) is 0 Å². The molecule has 0 atom stereocenters. The van der Waals surface area contributed by atoms with Crippen molar-refractivity contribution in [2.24, 2.45) is 0 Å². The van der Waals surface area contributed by atoms with E-state index in [2.05, 4.69) is 10.1 Å².